The van der Waals surface area contributed by atoms with Gasteiger partial charge in [0.05, 0.1) is 9.98 Å². The summed E-state index contributed by atoms with van der Waals surface area (Å²) in [5.74, 6) is -0.172. The predicted octanol–water partition coefficient (Wildman–Crippen LogP) is 1.89. The normalized spacial score (nSPS) is 9.81. The zero-order valence-corrected chi connectivity index (χ0v) is 10.6. The van der Waals surface area contributed by atoms with Crippen LogP contribution in [0.25, 0.3) is 0 Å². The van der Waals surface area contributed by atoms with Gasteiger partial charge in [0.25, 0.3) is 0 Å². The lowest BCUT2D eigenvalue weighted by Crippen LogP contribution is -2.23. The van der Waals surface area contributed by atoms with E-state index in [1.807, 2.05) is 0 Å². The Morgan fingerprint density at radius 2 is 2.31 bits per heavy atom. The molecule has 88 valence electrons. The maximum Gasteiger partial charge on any atom is 0.404 e. The van der Waals surface area contributed by atoms with Crippen molar-refractivity contribution in [3.8, 4) is 0 Å². The Labute approximate surface area is 104 Å². The standard InChI is InChI=1S/C8H10BrN3O3S/c9-5-4-11-7(16-5)12-6(13)2-1-3-10-8(14)15/h4,10H,1-3H2,(H,14,15)(H,11,12,13). The van der Waals surface area contributed by atoms with E-state index in [1.54, 1.807) is 6.20 Å². The number of nitrogens with one attached hydrogen (secondary N) is 2. The van der Waals surface area contributed by atoms with Crippen molar-refractivity contribution < 1.29 is 14.7 Å². The number of halogens is 1. The van der Waals surface area contributed by atoms with Crippen LogP contribution in [0.3, 0.4) is 0 Å². The van der Waals surface area contributed by atoms with Crippen LogP contribution < -0.4 is 10.6 Å². The average molecular weight is 308 g/mol. The molecule has 0 fully saturated rings. The molecule has 0 aliphatic rings. The molecule has 0 bridgehead atoms. The van der Waals surface area contributed by atoms with Crippen LogP contribution in [0.5, 0.6) is 0 Å². The fourth-order valence-corrected chi connectivity index (χ4v) is 2.06. The number of carbonyl (C=O) groups is 2. The summed E-state index contributed by atoms with van der Waals surface area (Å²) in [5, 5.41) is 13.6. The van der Waals surface area contributed by atoms with Crippen molar-refractivity contribution in [2.24, 2.45) is 0 Å². The minimum atomic E-state index is -1.08. The molecule has 1 aromatic heterocycles. The van der Waals surface area contributed by atoms with Gasteiger partial charge in [-0.2, -0.15) is 0 Å². The third-order valence-corrected chi connectivity index (χ3v) is 2.97. The maximum atomic E-state index is 11.3. The van der Waals surface area contributed by atoms with Gasteiger partial charge in [-0.25, -0.2) is 9.78 Å². The number of aromatic nitrogens is 1. The largest absolute Gasteiger partial charge is 0.465 e. The number of carbonyl (C=O) groups excluding carboxylic acids is 1. The third kappa shape index (κ3) is 5.08. The Kier molecular flexibility index (Phi) is 5.20. The first-order chi connectivity index (χ1) is 7.58. The van der Waals surface area contributed by atoms with E-state index in [2.05, 4.69) is 31.5 Å². The Morgan fingerprint density at radius 3 is 2.88 bits per heavy atom. The molecular weight excluding hydrogens is 298 g/mol. The highest BCUT2D eigenvalue weighted by molar-refractivity contribution is 9.11. The molecule has 0 aliphatic heterocycles. The number of amides is 2. The molecule has 6 nitrogen and oxygen atoms in total. The van der Waals surface area contributed by atoms with Gasteiger partial charge in [-0.1, -0.05) is 11.3 Å². The van der Waals surface area contributed by atoms with Gasteiger partial charge in [0.15, 0.2) is 5.13 Å². The van der Waals surface area contributed by atoms with Crippen molar-refractivity contribution >= 4 is 44.4 Å². The lowest BCUT2D eigenvalue weighted by atomic mass is 10.3. The van der Waals surface area contributed by atoms with E-state index >= 15 is 0 Å². The maximum absolute atomic E-state index is 11.3. The Balaban J connectivity index is 2.18. The first kappa shape index (κ1) is 12.9. The number of hydrogen-bond donors (Lipinski definition) is 3. The number of nitrogens with zero attached hydrogens (tertiary/aromatic N) is 1. The molecule has 0 aliphatic carbocycles. The van der Waals surface area contributed by atoms with Crippen molar-refractivity contribution in [3.05, 3.63) is 9.98 Å². The van der Waals surface area contributed by atoms with Gasteiger partial charge >= 0.3 is 6.09 Å². The van der Waals surface area contributed by atoms with Crippen molar-refractivity contribution in [1.82, 2.24) is 10.3 Å². The molecule has 0 unspecified atom stereocenters. The highest BCUT2D eigenvalue weighted by Crippen LogP contribution is 2.23. The van der Waals surface area contributed by atoms with E-state index in [1.165, 1.54) is 11.3 Å². The van der Waals surface area contributed by atoms with Crippen LogP contribution in [0.4, 0.5) is 9.93 Å². The number of carboxylic acid groups (broad SMARTS) is 1. The van der Waals surface area contributed by atoms with Gasteiger partial charge in [0.1, 0.15) is 0 Å². The number of rotatable bonds is 5. The molecule has 1 aromatic rings. The molecular formula is C8H10BrN3O3S. The first-order valence-electron chi connectivity index (χ1n) is 4.46. The van der Waals surface area contributed by atoms with E-state index in [4.69, 9.17) is 5.11 Å². The molecule has 2 amide bonds. The zero-order chi connectivity index (χ0) is 12.0. The fourth-order valence-electron chi connectivity index (χ4n) is 0.938. The summed E-state index contributed by atoms with van der Waals surface area (Å²) >= 11 is 4.56. The van der Waals surface area contributed by atoms with Crippen molar-refractivity contribution in [2.75, 3.05) is 11.9 Å². The number of anilines is 1. The fraction of sp³-hybridized carbons (Fsp3) is 0.375. The van der Waals surface area contributed by atoms with Gasteiger partial charge < -0.3 is 15.7 Å². The van der Waals surface area contributed by atoms with E-state index < -0.39 is 6.09 Å². The van der Waals surface area contributed by atoms with Crippen molar-refractivity contribution in [2.45, 2.75) is 12.8 Å². The second-order valence-electron chi connectivity index (χ2n) is 2.85. The monoisotopic (exact) mass is 307 g/mol. The van der Waals surface area contributed by atoms with Gasteiger partial charge in [0, 0.05) is 13.0 Å². The molecule has 0 radical (unpaired) electrons. The lowest BCUT2D eigenvalue weighted by molar-refractivity contribution is -0.116. The molecule has 3 N–H and O–H groups in total. The van der Waals surface area contributed by atoms with Crippen LogP contribution in [0.2, 0.25) is 0 Å². The van der Waals surface area contributed by atoms with Crippen LogP contribution in [-0.4, -0.2) is 28.6 Å². The van der Waals surface area contributed by atoms with Gasteiger partial charge in [-0.15, -0.1) is 0 Å². The van der Waals surface area contributed by atoms with E-state index in [0.29, 0.717) is 11.6 Å². The zero-order valence-electron chi connectivity index (χ0n) is 8.20. The molecule has 0 saturated carbocycles. The second-order valence-corrected chi connectivity index (χ2v) is 5.26. The van der Waals surface area contributed by atoms with Crippen LogP contribution >= 0.6 is 27.3 Å². The van der Waals surface area contributed by atoms with Crippen molar-refractivity contribution in [1.29, 1.82) is 0 Å². The Bertz CT molecular complexity index is 382. The summed E-state index contributed by atoms with van der Waals surface area (Å²) in [6.45, 7) is 0.268. The second kappa shape index (κ2) is 6.44. The van der Waals surface area contributed by atoms with E-state index in [-0.39, 0.29) is 18.9 Å². The minimum absolute atomic E-state index is 0.172. The average Bonchev–Trinajstić information content (AvgIpc) is 2.58. The smallest absolute Gasteiger partial charge is 0.404 e. The highest BCUT2D eigenvalue weighted by atomic mass is 79.9. The van der Waals surface area contributed by atoms with Gasteiger partial charge in [-0.3, -0.25) is 4.79 Å². The van der Waals surface area contributed by atoms with Crippen LogP contribution in [0, 0.1) is 0 Å². The SMILES string of the molecule is O=C(O)NCCCC(=O)Nc1ncc(Br)s1. The molecule has 16 heavy (non-hydrogen) atoms. The van der Waals surface area contributed by atoms with E-state index in [9.17, 15) is 9.59 Å². The van der Waals surface area contributed by atoms with Crippen molar-refractivity contribution in [3.63, 3.8) is 0 Å². The lowest BCUT2D eigenvalue weighted by Gasteiger charge is -2.01. The van der Waals surface area contributed by atoms with Gasteiger partial charge in [-0.05, 0) is 22.4 Å². The third-order valence-electron chi connectivity index (χ3n) is 1.58. The molecule has 0 saturated heterocycles. The highest BCUT2D eigenvalue weighted by Gasteiger charge is 2.05. The summed E-state index contributed by atoms with van der Waals surface area (Å²) in [7, 11) is 0. The Morgan fingerprint density at radius 1 is 1.56 bits per heavy atom. The molecule has 1 rings (SSSR count). The van der Waals surface area contributed by atoms with E-state index in [0.717, 1.165) is 3.79 Å². The summed E-state index contributed by atoms with van der Waals surface area (Å²) in [5.41, 5.74) is 0. The summed E-state index contributed by atoms with van der Waals surface area (Å²) in [4.78, 5) is 25.4. The quantitative estimate of drug-likeness (QED) is 0.724. The first-order valence-corrected chi connectivity index (χ1v) is 6.07. The van der Waals surface area contributed by atoms with Gasteiger partial charge in [0.2, 0.25) is 5.91 Å². The molecule has 0 aromatic carbocycles. The molecule has 8 heteroatoms. The van der Waals surface area contributed by atoms with Crippen LogP contribution in [0.1, 0.15) is 12.8 Å². The Hall–Kier alpha value is -1.15. The molecule has 0 spiro atoms. The van der Waals surface area contributed by atoms with Crippen LogP contribution in [-0.2, 0) is 4.79 Å². The minimum Gasteiger partial charge on any atom is -0.465 e. The summed E-state index contributed by atoms with van der Waals surface area (Å²) < 4.78 is 0.843. The summed E-state index contributed by atoms with van der Waals surface area (Å²) in [6, 6.07) is 0. The topological polar surface area (TPSA) is 91.3 Å². The number of thiazole rings is 1. The molecule has 1 heterocycles. The van der Waals surface area contributed by atoms with Crippen LogP contribution in [0.15, 0.2) is 9.98 Å². The molecule has 0 atom stereocenters. The number of hydrogen-bond acceptors (Lipinski definition) is 4. The summed E-state index contributed by atoms with van der Waals surface area (Å²) in [6.07, 6.45) is 1.25. The predicted molar refractivity (Wildman–Crippen MR) is 63.7 cm³/mol.